The van der Waals surface area contributed by atoms with Gasteiger partial charge in [0, 0.05) is 24.2 Å². The van der Waals surface area contributed by atoms with Crippen LogP contribution in [0.3, 0.4) is 0 Å². The van der Waals surface area contributed by atoms with E-state index >= 15 is 0 Å². The Morgan fingerprint density at radius 2 is 2.10 bits per heavy atom. The van der Waals surface area contributed by atoms with Crippen molar-refractivity contribution in [2.45, 2.75) is 39.3 Å². The molecule has 1 aromatic rings. The summed E-state index contributed by atoms with van der Waals surface area (Å²) in [6.07, 6.45) is 2.05. The van der Waals surface area contributed by atoms with Gasteiger partial charge in [0.05, 0.1) is 4.92 Å². The highest BCUT2D eigenvalue weighted by Gasteiger charge is 2.13. The van der Waals surface area contributed by atoms with Crippen LogP contribution < -0.4 is 5.32 Å². The number of hydrogen-bond donors (Lipinski definition) is 1. The lowest BCUT2D eigenvalue weighted by atomic mass is 10.1. The van der Waals surface area contributed by atoms with Crippen molar-refractivity contribution < 1.29 is 9.31 Å². The number of nitrogens with zero attached hydrogens (tertiary/aromatic N) is 2. The molecule has 0 bridgehead atoms. The predicted molar refractivity (Wildman–Crippen MR) is 81.8 cm³/mol. The second-order valence-electron chi connectivity index (χ2n) is 5.49. The predicted octanol–water partition coefficient (Wildman–Crippen LogP) is 2.94. The highest BCUT2D eigenvalue weighted by atomic mass is 19.1. The first kappa shape index (κ1) is 17.5. The van der Waals surface area contributed by atoms with E-state index in [1.54, 1.807) is 0 Å². The highest BCUT2D eigenvalue weighted by Crippen LogP contribution is 2.19. The molecule has 0 radical (unpaired) electrons. The summed E-state index contributed by atoms with van der Waals surface area (Å²) in [5, 5.41) is 14.0. The smallest absolute Gasteiger partial charge is 0.274 e. The van der Waals surface area contributed by atoms with Gasteiger partial charge in [-0.1, -0.05) is 0 Å². The largest absolute Gasteiger partial charge is 0.312 e. The van der Waals surface area contributed by atoms with Crippen molar-refractivity contribution in [1.82, 2.24) is 10.2 Å². The third-order valence-electron chi connectivity index (χ3n) is 3.55. The summed E-state index contributed by atoms with van der Waals surface area (Å²) < 4.78 is 13.1. The molecule has 0 saturated carbocycles. The van der Waals surface area contributed by atoms with E-state index in [1.165, 1.54) is 12.1 Å². The fourth-order valence-corrected chi connectivity index (χ4v) is 1.97. The maximum absolute atomic E-state index is 13.1. The molecule has 0 aliphatic carbocycles. The number of halogens is 1. The maximum Gasteiger partial charge on any atom is 0.274 e. The lowest BCUT2D eigenvalue weighted by Crippen LogP contribution is -2.27. The van der Waals surface area contributed by atoms with Crippen LogP contribution in [0.2, 0.25) is 0 Å². The van der Waals surface area contributed by atoms with Crippen molar-refractivity contribution in [3.05, 3.63) is 39.7 Å². The van der Waals surface area contributed by atoms with Crippen LogP contribution in [0.1, 0.15) is 32.3 Å². The average Bonchev–Trinajstić information content (AvgIpc) is 2.41. The normalized spacial score (nSPS) is 11.3. The summed E-state index contributed by atoms with van der Waals surface area (Å²) in [6.45, 7) is 6.41. The van der Waals surface area contributed by atoms with E-state index in [0.717, 1.165) is 32.0 Å². The minimum atomic E-state index is -0.478. The molecule has 0 amide bonds. The number of hydrogen-bond acceptors (Lipinski definition) is 4. The minimum absolute atomic E-state index is 0.0385. The molecule has 0 unspecified atom stereocenters. The Bertz CT molecular complexity index is 466. The molecule has 1 rings (SSSR count). The summed E-state index contributed by atoms with van der Waals surface area (Å²) in [5.41, 5.74) is 0.350. The molecule has 118 valence electrons. The van der Waals surface area contributed by atoms with Crippen molar-refractivity contribution in [2.24, 2.45) is 0 Å². The van der Waals surface area contributed by atoms with Gasteiger partial charge in [0.25, 0.3) is 5.69 Å². The van der Waals surface area contributed by atoms with Gasteiger partial charge >= 0.3 is 0 Å². The fourth-order valence-electron chi connectivity index (χ4n) is 1.97. The van der Waals surface area contributed by atoms with Crippen LogP contribution >= 0.6 is 0 Å². The Balaban J connectivity index is 2.33. The lowest BCUT2D eigenvalue weighted by Gasteiger charge is -2.20. The molecule has 0 aromatic heterocycles. The van der Waals surface area contributed by atoms with Gasteiger partial charge in [-0.3, -0.25) is 10.1 Å². The summed E-state index contributed by atoms with van der Waals surface area (Å²) in [7, 11) is 2.09. The first-order chi connectivity index (χ1) is 9.91. The second kappa shape index (κ2) is 8.69. The number of nitro benzene ring substituents is 1. The molecular weight excluding hydrogens is 273 g/mol. The summed E-state index contributed by atoms with van der Waals surface area (Å²) in [4.78, 5) is 12.7. The quantitative estimate of drug-likeness (QED) is 0.432. The van der Waals surface area contributed by atoms with Crippen molar-refractivity contribution in [2.75, 3.05) is 20.1 Å². The van der Waals surface area contributed by atoms with E-state index in [1.807, 2.05) is 0 Å². The van der Waals surface area contributed by atoms with Crippen LogP contribution in [-0.2, 0) is 6.54 Å². The molecule has 0 aliphatic heterocycles. The van der Waals surface area contributed by atoms with Crippen LogP contribution in [0, 0.1) is 15.9 Å². The van der Waals surface area contributed by atoms with E-state index in [0.29, 0.717) is 18.2 Å². The van der Waals surface area contributed by atoms with Crippen molar-refractivity contribution in [1.29, 1.82) is 0 Å². The molecule has 0 heterocycles. The van der Waals surface area contributed by atoms with Gasteiger partial charge in [-0.2, -0.15) is 0 Å². The van der Waals surface area contributed by atoms with E-state index in [-0.39, 0.29) is 5.69 Å². The Morgan fingerprint density at radius 1 is 1.38 bits per heavy atom. The van der Waals surface area contributed by atoms with Crippen LogP contribution in [0.4, 0.5) is 10.1 Å². The number of nitrogens with one attached hydrogen (secondary N) is 1. The molecule has 6 heteroatoms. The molecule has 1 N–H and O–H groups in total. The lowest BCUT2D eigenvalue weighted by molar-refractivity contribution is -0.385. The number of unbranched alkanes of at least 4 members (excludes halogenated alkanes) is 1. The van der Waals surface area contributed by atoms with Gasteiger partial charge in [0.1, 0.15) is 5.82 Å². The molecule has 0 aliphatic rings. The van der Waals surface area contributed by atoms with Gasteiger partial charge < -0.3 is 10.2 Å². The molecule has 21 heavy (non-hydrogen) atoms. The summed E-state index contributed by atoms with van der Waals surface area (Å²) in [5.74, 6) is -0.448. The molecule has 1 aromatic carbocycles. The Labute approximate surface area is 125 Å². The standard InChI is InChI=1S/C15H24FN3O2/c1-12(2)18(3)9-5-4-8-17-11-13-10-14(16)6-7-15(13)19(20)21/h6-7,10,12,17H,4-5,8-9,11H2,1-3H3. The third kappa shape index (κ3) is 6.18. The van der Waals surface area contributed by atoms with Gasteiger partial charge in [-0.15, -0.1) is 0 Å². The highest BCUT2D eigenvalue weighted by molar-refractivity contribution is 5.40. The molecular formula is C15H24FN3O2. The zero-order valence-electron chi connectivity index (χ0n) is 12.9. The van der Waals surface area contributed by atoms with Crippen LogP contribution in [0.5, 0.6) is 0 Å². The van der Waals surface area contributed by atoms with E-state index in [2.05, 4.69) is 31.1 Å². The molecule has 0 spiro atoms. The van der Waals surface area contributed by atoms with Gasteiger partial charge in [0.15, 0.2) is 0 Å². The van der Waals surface area contributed by atoms with Gasteiger partial charge in [-0.05, 0) is 59.0 Å². The Morgan fingerprint density at radius 3 is 2.71 bits per heavy atom. The third-order valence-corrected chi connectivity index (χ3v) is 3.55. The van der Waals surface area contributed by atoms with Crippen molar-refractivity contribution in [3.8, 4) is 0 Å². The number of rotatable bonds is 9. The second-order valence-corrected chi connectivity index (χ2v) is 5.49. The van der Waals surface area contributed by atoms with Crippen LogP contribution in [-0.4, -0.2) is 36.0 Å². The van der Waals surface area contributed by atoms with Crippen molar-refractivity contribution >= 4 is 5.69 Å². The van der Waals surface area contributed by atoms with E-state index in [9.17, 15) is 14.5 Å². The maximum atomic E-state index is 13.1. The van der Waals surface area contributed by atoms with Crippen LogP contribution in [0.15, 0.2) is 18.2 Å². The van der Waals surface area contributed by atoms with E-state index < -0.39 is 10.7 Å². The van der Waals surface area contributed by atoms with Gasteiger partial charge in [-0.25, -0.2) is 4.39 Å². The summed E-state index contributed by atoms with van der Waals surface area (Å²) in [6, 6.07) is 4.08. The van der Waals surface area contributed by atoms with E-state index in [4.69, 9.17) is 0 Å². The minimum Gasteiger partial charge on any atom is -0.312 e. The monoisotopic (exact) mass is 297 g/mol. The average molecular weight is 297 g/mol. The van der Waals surface area contributed by atoms with Gasteiger partial charge in [0.2, 0.25) is 0 Å². The number of nitro groups is 1. The fraction of sp³-hybridized carbons (Fsp3) is 0.600. The first-order valence-electron chi connectivity index (χ1n) is 7.25. The zero-order valence-corrected chi connectivity index (χ0v) is 12.9. The first-order valence-corrected chi connectivity index (χ1v) is 7.25. The SMILES string of the molecule is CC(C)N(C)CCCCNCc1cc(F)ccc1[N+](=O)[O-]. The van der Waals surface area contributed by atoms with Crippen molar-refractivity contribution in [3.63, 3.8) is 0 Å². The molecule has 0 saturated heterocycles. The molecule has 0 atom stereocenters. The Hall–Kier alpha value is -1.53. The summed E-state index contributed by atoms with van der Waals surface area (Å²) >= 11 is 0. The number of benzene rings is 1. The topological polar surface area (TPSA) is 58.4 Å². The molecule has 0 fully saturated rings. The Kier molecular flexibility index (Phi) is 7.25. The molecule has 5 nitrogen and oxygen atoms in total. The zero-order chi connectivity index (χ0) is 15.8. The van der Waals surface area contributed by atoms with Crippen LogP contribution in [0.25, 0.3) is 0 Å².